The lowest BCUT2D eigenvalue weighted by Crippen LogP contribution is -2.48. The van der Waals surface area contributed by atoms with E-state index >= 15 is 0 Å². The van der Waals surface area contributed by atoms with Gasteiger partial charge in [0.15, 0.2) is 0 Å². The largest absolute Gasteiger partial charge is 0.444 e. The van der Waals surface area contributed by atoms with Crippen molar-refractivity contribution < 1.29 is 22.7 Å². The molecule has 1 fully saturated rings. The van der Waals surface area contributed by atoms with Crippen molar-refractivity contribution in [3.05, 3.63) is 33.8 Å². The number of likely N-dealkylation sites (tertiary alicyclic amines) is 1. The Morgan fingerprint density at radius 1 is 1.35 bits per heavy atom. The average Bonchev–Trinajstić information content (AvgIpc) is 2.46. The van der Waals surface area contributed by atoms with E-state index in [9.17, 15) is 18.0 Å². The molecule has 0 radical (unpaired) electrons. The molecule has 0 aliphatic carbocycles. The Morgan fingerprint density at radius 2 is 2.04 bits per heavy atom. The topological polar surface area (TPSA) is 41.6 Å². The third kappa shape index (κ3) is 6.46. The summed E-state index contributed by atoms with van der Waals surface area (Å²) >= 11 is 3.33. The molecule has 0 spiro atoms. The van der Waals surface area contributed by atoms with E-state index < -0.39 is 23.4 Å². The van der Waals surface area contributed by atoms with Gasteiger partial charge in [-0.05, 0) is 63.9 Å². The van der Waals surface area contributed by atoms with Gasteiger partial charge < -0.3 is 10.1 Å². The summed E-state index contributed by atoms with van der Waals surface area (Å²) in [4.78, 5) is 14.0. The van der Waals surface area contributed by atoms with E-state index in [1.54, 1.807) is 20.8 Å². The summed E-state index contributed by atoms with van der Waals surface area (Å²) in [7, 11) is 0. The number of halogens is 4. The minimum Gasteiger partial charge on any atom is -0.444 e. The lowest BCUT2D eigenvalue weighted by molar-refractivity contribution is -0.137. The fourth-order valence-electron chi connectivity index (χ4n) is 2.90. The van der Waals surface area contributed by atoms with Crippen molar-refractivity contribution in [3.63, 3.8) is 0 Å². The van der Waals surface area contributed by atoms with Crippen molar-refractivity contribution in [2.45, 2.75) is 58.0 Å². The molecular weight excluding hydrogens is 413 g/mol. The minimum atomic E-state index is -4.36. The van der Waals surface area contributed by atoms with Gasteiger partial charge in [-0.3, -0.25) is 4.90 Å². The first-order valence-corrected chi connectivity index (χ1v) is 9.31. The van der Waals surface area contributed by atoms with Crippen LogP contribution in [-0.2, 0) is 17.5 Å². The zero-order valence-corrected chi connectivity index (χ0v) is 16.7. The Balaban J connectivity index is 1.99. The molecule has 1 aromatic rings. The Morgan fingerprint density at radius 3 is 2.65 bits per heavy atom. The van der Waals surface area contributed by atoms with E-state index in [0.29, 0.717) is 23.1 Å². The Hall–Kier alpha value is -1.28. The predicted molar refractivity (Wildman–Crippen MR) is 96.8 cm³/mol. The number of carbonyl (C=O) groups is 1. The van der Waals surface area contributed by atoms with Gasteiger partial charge in [0.25, 0.3) is 0 Å². The molecule has 146 valence electrons. The van der Waals surface area contributed by atoms with Gasteiger partial charge >= 0.3 is 12.3 Å². The number of alkyl carbamates (subject to hydrolysis) is 1. The molecule has 1 aromatic carbocycles. The van der Waals surface area contributed by atoms with Gasteiger partial charge in [-0.1, -0.05) is 15.9 Å². The lowest BCUT2D eigenvalue weighted by atomic mass is 10.0. The molecule has 1 heterocycles. The zero-order valence-electron chi connectivity index (χ0n) is 15.1. The Bertz CT molecular complexity index is 644. The Kier molecular flexibility index (Phi) is 6.60. The normalized spacial score (nSPS) is 19.3. The first kappa shape index (κ1) is 21.0. The molecule has 8 heteroatoms. The van der Waals surface area contributed by atoms with Crippen LogP contribution in [0.4, 0.5) is 18.0 Å². The fourth-order valence-corrected chi connectivity index (χ4v) is 3.28. The predicted octanol–water partition coefficient (Wildman–Crippen LogP) is 4.96. The van der Waals surface area contributed by atoms with E-state index in [2.05, 4.69) is 21.2 Å². The molecule has 0 unspecified atom stereocenters. The van der Waals surface area contributed by atoms with Crippen molar-refractivity contribution in [3.8, 4) is 0 Å². The summed E-state index contributed by atoms with van der Waals surface area (Å²) in [5.74, 6) is 0. The minimum absolute atomic E-state index is 0.0804. The molecule has 0 bridgehead atoms. The van der Waals surface area contributed by atoms with Gasteiger partial charge in [-0.15, -0.1) is 0 Å². The summed E-state index contributed by atoms with van der Waals surface area (Å²) in [6, 6.07) is 3.59. The van der Waals surface area contributed by atoms with Crippen LogP contribution < -0.4 is 5.32 Å². The highest BCUT2D eigenvalue weighted by Crippen LogP contribution is 2.32. The third-order valence-corrected chi connectivity index (χ3v) is 4.77. The number of amides is 1. The molecule has 1 saturated heterocycles. The van der Waals surface area contributed by atoms with Gasteiger partial charge in [0.05, 0.1) is 5.56 Å². The highest BCUT2D eigenvalue weighted by atomic mass is 79.9. The van der Waals surface area contributed by atoms with Crippen molar-refractivity contribution >= 4 is 22.0 Å². The summed E-state index contributed by atoms with van der Waals surface area (Å²) in [6.45, 7) is 7.12. The second-order valence-corrected chi connectivity index (χ2v) is 8.38. The summed E-state index contributed by atoms with van der Waals surface area (Å²) in [5, 5.41) is 2.85. The summed E-state index contributed by atoms with van der Waals surface area (Å²) in [5.41, 5.74) is -0.643. The van der Waals surface area contributed by atoms with E-state index in [0.717, 1.165) is 25.5 Å². The van der Waals surface area contributed by atoms with Crippen molar-refractivity contribution in [1.82, 2.24) is 10.2 Å². The van der Waals surface area contributed by atoms with Crippen molar-refractivity contribution in [1.29, 1.82) is 0 Å². The number of nitrogens with one attached hydrogen (secondary N) is 1. The van der Waals surface area contributed by atoms with E-state index in [1.807, 2.05) is 4.90 Å². The van der Waals surface area contributed by atoms with E-state index in [1.165, 1.54) is 12.1 Å². The highest BCUT2D eigenvalue weighted by Gasteiger charge is 2.31. The fraction of sp³-hybridized carbons (Fsp3) is 0.611. The molecule has 1 N–H and O–H groups in total. The van der Waals surface area contributed by atoms with Crippen LogP contribution >= 0.6 is 15.9 Å². The van der Waals surface area contributed by atoms with Crippen LogP contribution in [0.25, 0.3) is 0 Å². The maximum atomic E-state index is 12.9. The van der Waals surface area contributed by atoms with E-state index in [4.69, 9.17) is 4.74 Å². The van der Waals surface area contributed by atoms with Crippen LogP contribution in [-0.4, -0.2) is 35.7 Å². The monoisotopic (exact) mass is 436 g/mol. The number of carbonyl (C=O) groups excluding carboxylic acids is 1. The van der Waals surface area contributed by atoms with Crippen molar-refractivity contribution in [2.75, 3.05) is 13.1 Å². The summed E-state index contributed by atoms with van der Waals surface area (Å²) < 4.78 is 44.7. The SMILES string of the molecule is CC(C)(C)OC(=O)N[C@H]1CCCN(Cc2cc(C(F)(F)F)ccc2Br)C1. The maximum absolute atomic E-state index is 12.9. The van der Waals surface area contributed by atoms with Crippen LogP contribution in [0.2, 0.25) is 0 Å². The number of hydrogen-bond donors (Lipinski definition) is 1. The first-order valence-electron chi connectivity index (χ1n) is 8.51. The number of benzene rings is 1. The summed E-state index contributed by atoms with van der Waals surface area (Å²) in [6.07, 6.45) is -3.15. The molecule has 2 rings (SSSR count). The third-order valence-electron chi connectivity index (χ3n) is 3.99. The number of ether oxygens (including phenoxy) is 1. The first-order chi connectivity index (χ1) is 11.9. The maximum Gasteiger partial charge on any atom is 0.416 e. The van der Waals surface area contributed by atoms with Crippen LogP contribution in [0.15, 0.2) is 22.7 Å². The van der Waals surface area contributed by atoms with Crippen LogP contribution in [0.1, 0.15) is 44.7 Å². The van der Waals surface area contributed by atoms with Gasteiger partial charge in [0.2, 0.25) is 0 Å². The molecule has 4 nitrogen and oxygen atoms in total. The van der Waals surface area contributed by atoms with E-state index in [-0.39, 0.29) is 6.04 Å². The number of piperidine rings is 1. The molecule has 0 saturated carbocycles. The van der Waals surface area contributed by atoms with Gasteiger partial charge in [-0.2, -0.15) is 13.2 Å². The smallest absolute Gasteiger partial charge is 0.416 e. The molecule has 1 aliphatic heterocycles. The number of rotatable bonds is 3. The highest BCUT2D eigenvalue weighted by molar-refractivity contribution is 9.10. The van der Waals surface area contributed by atoms with Gasteiger partial charge in [0.1, 0.15) is 5.60 Å². The van der Waals surface area contributed by atoms with Crippen LogP contribution in [0.3, 0.4) is 0 Å². The second-order valence-electron chi connectivity index (χ2n) is 7.52. The van der Waals surface area contributed by atoms with Crippen molar-refractivity contribution in [2.24, 2.45) is 0 Å². The second kappa shape index (κ2) is 8.17. The average molecular weight is 437 g/mol. The number of nitrogens with zero attached hydrogens (tertiary/aromatic N) is 1. The molecular formula is C18H24BrF3N2O2. The number of alkyl halides is 3. The van der Waals surface area contributed by atoms with Gasteiger partial charge in [0, 0.05) is 23.6 Å². The zero-order chi connectivity index (χ0) is 19.5. The molecule has 1 aliphatic rings. The van der Waals surface area contributed by atoms with Gasteiger partial charge in [-0.25, -0.2) is 4.79 Å². The van der Waals surface area contributed by atoms with Crippen LogP contribution in [0.5, 0.6) is 0 Å². The number of hydrogen-bond acceptors (Lipinski definition) is 3. The standard InChI is InChI=1S/C18H24BrF3N2O2/c1-17(2,3)26-16(25)23-14-5-4-8-24(11-14)10-12-9-13(18(20,21)22)6-7-15(12)19/h6-7,9,14H,4-5,8,10-11H2,1-3H3,(H,23,25)/t14-/m0/s1. The molecule has 1 amide bonds. The van der Waals surface area contributed by atoms with Crippen LogP contribution in [0, 0.1) is 0 Å². The molecule has 1 atom stereocenters. The molecule has 26 heavy (non-hydrogen) atoms. The quantitative estimate of drug-likeness (QED) is 0.727. The molecule has 0 aromatic heterocycles. The Labute approximate surface area is 160 Å². The lowest BCUT2D eigenvalue weighted by Gasteiger charge is -2.33.